The highest BCUT2D eigenvalue weighted by Gasteiger charge is 2.17. The van der Waals surface area contributed by atoms with Gasteiger partial charge in [-0.3, -0.25) is 4.79 Å². The monoisotopic (exact) mass is 172 g/mol. The fourth-order valence-electron chi connectivity index (χ4n) is 1.43. The lowest BCUT2D eigenvalue weighted by Gasteiger charge is -2.12. The molecule has 0 spiro atoms. The van der Waals surface area contributed by atoms with E-state index in [0.717, 1.165) is 0 Å². The molecular formula is C11H8O2. The van der Waals surface area contributed by atoms with Gasteiger partial charge < -0.3 is 5.11 Å². The lowest BCUT2D eigenvalue weighted by molar-refractivity contribution is 0.104. The summed E-state index contributed by atoms with van der Waals surface area (Å²) < 4.78 is 0. The number of hydrogen-bond donors (Lipinski definition) is 1. The fourth-order valence-corrected chi connectivity index (χ4v) is 1.43. The molecule has 2 rings (SSSR count). The molecule has 64 valence electrons. The minimum atomic E-state index is -0.0849. The van der Waals surface area contributed by atoms with Gasteiger partial charge in [0.1, 0.15) is 5.75 Å². The summed E-state index contributed by atoms with van der Waals surface area (Å²) in [5, 5.41) is 9.50. The Labute approximate surface area is 75.8 Å². The first kappa shape index (κ1) is 7.80. The van der Waals surface area contributed by atoms with Crippen molar-refractivity contribution in [3.05, 3.63) is 48.1 Å². The maximum Gasteiger partial charge on any atom is 0.186 e. The van der Waals surface area contributed by atoms with Gasteiger partial charge >= 0.3 is 0 Å². The number of allylic oxidation sites excluding steroid dienone is 3. The van der Waals surface area contributed by atoms with Crippen LogP contribution in [0.5, 0.6) is 5.75 Å². The summed E-state index contributed by atoms with van der Waals surface area (Å²) in [6, 6.07) is 4.89. The summed E-state index contributed by atoms with van der Waals surface area (Å²) in [6.07, 6.45) is 3.08. The van der Waals surface area contributed by atoms with E-state index >= 15 is 0 Å². The molecule has 13 heavy (non-hydrogen) atoms. The standard InChI is InChI=1S/C11H8O2/c1-7-5-6-9(12)8-3-2-4-10(13)11(7)8/h2-6,13H,1H2. The Bertz CT molecular complexity index is 428. The van der Waals surface area contributed by atoms with Crippen molar-refractivity contribution in [1.29, 1.82) is 0 Å². The molecule has 0 atom stereocenters. The van der Waals surface area contributed by atoms with Crippen LogP contribution in [0.25, 0.3) is 5.57 Å². The molecule has 1 aliphatic carbocycles. The number of benzene rings is 1. The van der Waals surface area contributed by atoms with E-state index in [9.17, 15) is 9.90 Å². The second kappa shape index (κ2) is 2.59. The number of phenols is 1. The fraction of sp³-hybridized carbons (Fsp3) is 0. The Morgan fingerprint density at radius 2 is 2.00 bits per heavy atom. The smallest absolute Gasteiger partial charge is 0.186 e. The van der Waals surface area contributed by atoms with Crippen molar-refractivity contribution in [1.82, 2.24) is 0 Å². The van der Waals surface area contributed by atoms with E-state index in [1.165, 1.54) is 6.08 Å². The average molecular weight is 172 g/mol. The highest BCUT2D eigenvalue weighted by molar-refractivity contribution is 6.12. The summed E-state index contributed by atoms with van der Waals surface area (Å²) in [6.45, 7) is 3.75. The first-order valence-electron chi connectivity index (χ1n) is 3.94. The van der Waals surface area contributed by atoms with E-state index in [-0.39, 0.29) is 11.5 Å². The summed E-state index contributed by atoms with van der Waals surface area (Å²) in [4.78, 5) is 11.3. The molecule has 1 aromatic carbocycles. The van der Waals surface area contributed by atoms with Crippen LogP contribution in [0.2, 0.25) is 0 Å². The van der Waals surface area contributed by atoms with Gasteiger partial charge in [0.25, 0.3) is 0 Å². The van der Waals surface area contributed by atoms with Crippen molar-refractivity contribution in [3.63, 3.8) is 0 Å². The minimum absolute atomic E-state index is 0.0849. The Kier molecular flexibility index (Phi) is 1.55. The highest BCUT2D eigenvalue weighted by Crippen LogP contribution is 2.31. The number of aromatic hydroxyl groups is 1. The van der Waals surface area contributed by atoms with Crippen molar-refractivity contribution >= 4 is 11.4 Å². The van der Waals surface area contributed by atoms with Gasteiger partial charge in [-0.1, -0.05) is 24.8 Å². The Morgan fingerprint density at radius 3 is 2.69 bits per heavy atom. The van der Waals surface area contributed by atoms with Crippen molar-refractivity contribution in [3.8, 4) is 5.75 Å². The average Bonchev–Trinajstić information content (AvgIpc) is 2.12. The third kappa shape index (κ3) is 1.07. The molecule has 0 heterocycles. The summed E-state index contributed by atoms with van der Waals surface area (Å²) in [7, 11) is 0. The summed E-state index contributed by atoms with van der Waals surface area (Å²) in [5.74, 6) is 0.0264. The van der Waals surface area contributed by atoms with Crippen molar-refractivity contribution in [2.45, 2.75) is 0 Å². The number of ketones is 1. The van der Waals surface area contributed by atoms with E-state index in [1.54, 1.807) is 24.3 Å². The molecule has 0 unspecified atom stereocenters. The topological polar surface area (TPSA) is 37.3 Å². The largest absolute Gasteiger partial charge is 0.507 e. The van der Waals surface area contributed by atoms with Gasteiger partial charge in [-0.2, -0.15) is 0 Å². The molecule has 0 amide bonds. The third-order valence-corrected chi connectivity index (χ3v) is 2.06. The van der Waals surface area contributed by atoms with Crippen molar-refractivity contribution in [2.24, 2.45) is 0 Å². The lowest BCUT2D eigenvalue weighted by atomic mass is 9.92. The zero-order chi connectivity index (χ0) is 9.42. The predicted octanol–water partition coefficient (Wildman–Crippen LogP) is 2.16. The molecular weight excluding hydrogens is 164 g/mol. The number of carbonyl (C=O) groups excluding carboxylic acids is 1. The molecule has 0 fully saturated rings. The van der Waals surface area contributed by atoms with E-state index in [2.05, 4.69) is 6.58 Å². The van der Waals surface area contributed by atoms with E-state index < -0.39 is 0 Å². The van der Waals surface area contributed by atoms with Gasteiger partial charge in [-0.15, -0.1) is 0 Å². The molecule has 2 nitrogen and oxygen atoms in total. The van der Waals surface area contributed by atoms with Crippen LogP contribution in [0, 0.1) is 0 Å². The lowest BCUT2D eigenvalue weighted by Crippen LogP contribution is -2.04. The quantitative estimate of drug-likeness (QED) is 0.651. The SMILES string of the molecule is C=C1C=CC(=O)c2cccc(O)c21. The van der Waals surface area contributed by atoms with Crippen LogP contribution in [-0.4, -0.2) is 10.9 Å². The van der Waals surface area contributed by atoms with Crippen LogP contribution in [-0.2, 0) is 0 Å². The second-order valence-electron chi connectivity index (χ2n) is 2.92. The summed E-state index contributed by atoms with van der Waals surface area (Å²) in [5.41, 5.74) is 1.75. The van der Waals surface area contributed by atoms with Crippen molar-refractivity contribution < 1.29 is 9.90 Å². The normalized spacial score (nSPS) is 14.5. The number of hydrogen-bond acceptors (Lipinski definition) is 2. The van der Waals surface area contributed by atoms with Crippen LogP contribution in [0.4, 0.5) is 0 Å². The molecule has 0 saturated heterocycles. The predicted molar refractivity (Wildman–Crippen MR) is 50.6 cm³/mol. The number of rotatable bonds is 0. The maximum atomic E-state index is 11.3. The number of carbonyl (C=O) groups is 1. The number of fused-ring (bicyclic) bond motifs is 1. The van der Waals surface area contributed by atoms with Crippen LogP contribution in [0.1, 0.15) is 15.9 Å². The van der Waals surface area contributed by atoms with E-state index in [4.69, 9.17) is 0 Å². The zero-order valence-corrected chi connectivity index (χ0v) is 6.95. The first-order chi connectivity index (χ1) is 6.20. The van der Waals surface area contributed by atoms with Gasteiger partial charge in [-0.05, 0) is 17.7 Å². The number of phenolic OH excluding ortho intramolecular Hbond substituents is 1. The molecule has 0 saturated carbocycles. The van der Waals surface area contributed by atoms with Crippen LogP contribution in [0.15, 0.2) is 36.9 Å². The zero-order valence-electron chi connectivity index (χ0n) is 6.95. The second-order valence-corrected chi connectivity index (χ2v) is 2.92. The highest BCUT2D eigenvalue weighted by atomic mass is 16.3. The molecule has 1 N–H and O–H groups in total. The van der Waals surface area contributed by atoms with E-state index in [1.807, 2.05) is 0 Å². The van der Waals surface area contributed by atoms with Crippen LogP contribution < -0.4 is 0 Å². The van der Waals surface area contributed by atoms with E-state index in [0.29, 0.717) is 16.7 Å². The molecule has 0 radical (unpaired) electrons. The van der Waals surface area contributed by atoms with Gasteiger partial charge in [0.05, 0.1) is 0 Å². The summed E-state index contributed by atoms with van der Waals surface area (Å²) >= 11 is 0. The first-order valence-corrected chi connectivity index (χ1v) is 3.94. The maximum absolute atomic E-state index is 11.3. The van der Waals surface area contributed by atoms with Gasteiger partial charge in [-0.25, -0.2) is 0 Å². The minimum Gasteiger partial charge on any atom is -0.507 e. The van der Waals surface area contributed by atoms with Gasteiger partial charge in [0.15, 0.2) is 5.78 Å². The molecule has 0 bridgehead atoms. The molecule has 1 aliphatic rings. The molecule has 2 heteroatoms. The third-order valence-electron chi connectivity index (χ3n) is 2.06. The molecule has 0 aliphatic heterocycles. The Hall–Kier alpha value is -1.83. The van der Waals surface area contributed by atoms with Crippen molar-refractivity contribution in [2.75, 3.05) is 0 Å². The Morgan fingerprint density at radius 1 is 1.23 bits per heavy atom. The molecule has 1 aromatic rings. The Balaban J connectivity index is 2.76. The van der Waals surface area contributed by atoms with Gasteiger partial charge in [0, 0.05) is 11.1 Å². The van der Waals surface area contributed by atoms with Crippen LogP contribution >= 0.6 is 0 Å². The van der Waals surface area contributed by atoms with Gasteiger partial charge in [0.2, 0.25) is 0 Å². The van der Waals surface area contributed by atoms with Crippen LogP contribution in [0.3, 0.4) is 0 Å². The molecule has 0 aromatic heterocycles.